The van der Waals surface area contributed by atoms with Gasteiger partial charge in [0.25, 0.3) is 5.91 Å². The van der Waals surface area contributed by atoms with Crippen molar-refractivity contribution in [3.05, 3.63) is 46.1 Å². The molecular weight excluding hydrogens is 330 g/mol. The first-order valence-corrected chi connectivity index (χ1v) is 9.54. The van der Waals surface area contributed by atoms with E-state index in [1.54, 1.807) is 35.9 Å². The fraction of sp³-hybridized carbons (Fsp3) is 0.450. The zero-order valence-corrected chi connectivity index (χ0v) is 15.7. The van der Waals surface area contributed by atoms with E-state index in [0.717, 1.165) is 31.2 Å². The zero-order chi connectivity index (χ0) is 18.0. The van der Waals surface area contributed by atoms with Crippen LogP contribution in [0.2, 0.25) is 0 Å². The van der Waals surface area contributed by atoms with Crippen LogP contribution < -0.4 is 5.32 Å². The summed E-state index contributed by atoms with van der Waals surface area (Å²) in [5.41, 5.74) is 2.64. The average molecular weight is 353 g/mol. The summed E-state index contributed by atoms with van der Waals surface area (Å²) in [6.45, 7) is 6.90. The van der Waals surface area contributed by atoms with E-state index < -0.39 is 0 Å². The van der Waals surface area contributed by atoms with E-state index in [-0.39, 0.29) is 5.91 Å². The van der Waals surface area contributed by atoms with Crippen molar-refractivity contribution in [1.29, 1.82) is 5.26 Å². The maximum absolute atomic E-state index is 12.4. The van der Waals surface area contributed by atoms with E-state index in [9.17, 15) is 10.1 Å². The standard InChI is InChI=1S/C20H23N3OS/c1-4-20(2,3)14-5-6-15-16(12-21)19(25-17(15)11-14)23-18(24)13-7-9-22-10-8-13/h7-10,14H,4-6,11H2,1-3H3,(H,23,24)/t14-/m0/s1. The minimum absolute atomic E-state index is 0.192. The Labute approximate surface area is 152 Å². The van der Waals surface area contributed by atoms with Crippen LogP contribution in [0.5, 0.6) is 0 Å². The molecule has 0 aromatic carbocycles. The predicted molar refractivity (Wildman–Crippen MR) is 101 cm³/mol. The number of nitrogens with zero attached hydrogens (tertiary/aromatic N) is 2. The topological polar surface area (TPSA) is 65.8 Å². The Balaban J connectivity index is 1.86. The van der Waals surface area contributed by atoms with E-state index in [2.05, 4.69) is 37.1 Å². The van der Waals surface area contributed by atoms with E-state index >= 15 is 0 Å². The normalized spacial score (nSPS) is 16.8. The molecule has 0 spiro atoms. The third-order valence-corrected chi connectivity index (χ3v) is 6.73. The molecule has 2 aromatic heterocycles. The van der Waals surface area contributed by atoms with Crippen LogP contribution >= 0.6 is 11.3 Å². The number of nitriles is 1. The predicted octanol–water partition coefficient (Wildman–Crippen LogP) is 4.81. The molecule has 2 aromatic rings. The summed E-state index contributed by atoms with van der Waals surface area (Å²) in [4.78, 5) is 17.6. The van der Waals surface area contributed by atoms with E-state index in [0.29, 0.717) is 27.5 Å². The van der Waals surface area contributed by atoms with Crippen LogP contribution in [0.25, 0.3) is 0 Å². The Hall–Kier alpha value is -2.19. The molecule has 1 atom stereocenters. The number of thiophene rings is 1. The summed E-state index contributed by atoms with van der Waals surface area (Å²) in [7, 11) is 0. The maximum atomic E-state index is 12.4. The van der Waals surface area contributed by atoms with Crippen molar-refractivity contribution in [3.63, 3.8) is 0 Å². The molecule has 0 fully saturated rings. The van der Waals surface area contributed by atoms with Crippen LogP contribution in [0.1, 0.15) is 60.0 Å². The van der Waals surface area contributed by atoms with Gasteiger partial charge in [0, 0.05) is 22.8 Å². The summed E-state index contributed by atoms with van der Waals surface area (Å²) in [5, 5.41) is 13.2. The second-order valence-corrected chi connectivity index (χ2v) is 8.40. The van der Waals surface area contributed by atoms with Gasteiger partial charge in [0.15, 0.2) is 0 Å². The number of carbonyl (C=O) groups excluding carboxylic acids is 1. The third-order valence-electron chi connectivity index (χ3n) is 5.56. The fourth-order valence-electron chi connectivity index (χ4n) is 3.43. The molecule has 0 unspecified atom stereocenters. The van der Waals surface area contributed by atoms with Crippen molar-refractivity contribution < 1.29 is 4.79 Å². The molecular formula is C20H23N3OS. The lowest BCUT2D eigenvalue weighted by atomic mass is 9.69. The number of amides is 1. The Bertz CT molecular complexity index is 817. The molecule has 1 aliphatic rings. The summed E-state index contributed by atoms with van der Waals surface area (Å²) in [5.74, 6) is 0.432. The molecule has 3 rings (SSSR count). The van der Waals surface area contributed by atoms with Crippen molar-refractivity contribution in [2.24, 2.45) is 11.3 Å². The van der Waals surface area contributed by atoms with Crippen LogP contribution in [-0.2, 0) is 12.8 Å². The van der Waals surface area contributed by atoms with Crippen molar-refractivity contribution in [2.75, 3.05) is 5.32 Å². The number of hydrogen-bond acceptors (Lipinski definition) is 4. The smallest absolute Gasteiger partial charge is 0.256 e. The van der Waals surface area contributed by atoms with Crippen LogP contribution in [0, 0.1) is 22.7 Å². The lowest BCUT2D eigenvalue weighted by Crippen LogP contribution is -2.28. The highest BCUT2D eigenvalue weighted by Gasteiger charge is 2.34. The van der Waals surface area contributed by atoms with Gasteiger partial charge in [-0.25, -0.2) is 0 Å². The monoisotopic (exact) mass is 353 g/mol. The van der Waals surface area contributed by atoms with E-state index in [1.165, 1.54) is 4.88 Å². The first kappa shape index (κ1) is 17.6. The molecule has 4 nitrogen and oxygen atoms in total. The molecule has 1 aliphatic carbocycles. The molecule has 25 heavy (non-hydrogen) atoms. The molecule has 0 aliphatic heterocycles. The number of rotatable bonds is 4. The lowest BCUT2D eigenvalue weighted by molar-refractivity contribution is 0.102. The van der Waals surface area contributed by atoms with E-state index in [4.69, 9.17) is 0 Å². The Morgan fingerprint density at radius 3 is 2.80 bits per heavy atom. The van der Waals surface area contributed by atoms with Gasteiger partial charge in [-0.1, -0.05) is 27.2 Å². The Morgan fingerprint density at radius 2 is 2.16 bits per heavy atom. The van der Waals surface area contributed by atoms with Crippen molar-refractivity contribution >= 4 is 22.2 Å². The quantitative estimate of drug-likeness (QED) is 0.858. The van der Waals surface area contributed by atoms with Crippen LogP contribution in [0.15, 0.2) is 24.5 Å². The van der Waals surface area contributed by atoms with E-state index in [1.807, 2.05) is 0 Å². The Kier molecular flexibility index (Phi) is 4.91. The van der Waals surface area contributed by atoms with Gasteiger partial charge in [0.05, 0.1) is 5.56 Å². The summed E-state index contributed by atoms with van der Waals surface area (Å²) >= 11 is 1.57. The van der Waals surface area contributed by atoms with Gasteiger partial charge in [-0.3, -0.25) is 9.78 Å². The number of nitrogens with one attached hydrogen (secondary N) is 1. The molecule has 0 saturated carbocycles. The highest BCUT2D eigenvalue weighted by molar-refractivity contribution is 7.16. The number of fused-ring (bicyclic) bond motifs is 1. The molecule has 0 radical (unpaired) electrons. The molecule has 1 N–H and O–H groups in total. The number of anilines is 1. The zero-order valence-electron chi connectivity index (χ0n) is 14.9. The van der Waals surface area contributed by atoms with Gasteiger partial charge in [0.1, 0.15) is 11.1 Å². The first-order valence-electron chi connectivity index (χ1n) is 8.72. The number of carbonyl (C=O) groups is 1. The maximum Gasteiger partial charge on any atom is 0.256 e. The number of pyridine rings is 1. The van der Waals surface area contributed by atoms with Gasteiger partial charge in [-0.2, -0.15) is 5.26 Å². The lowest BCUT2D eigenvalue weighted by Gasteiger charge is -2.36. The van der Waals surface area contributed by atoms with Gasteiger partial charge in [-0.15, -0.1) is 11.3 Å². The third kappa shape index (κ3) is 3.45. The molecule has 1 amide bonds. The fourth-order valence-corrected chi connectivity index (χ4v) is 4.70. The molecule has 0 bridgehead atoms. The van der Waals surface area contributed by atoms with Crippen LogP contribution in [0.4, 0.5) is 5.00 Å². The average Bonchev–Trinajstić information content (AvgIpc) is 2.98. The van der Waals surface area contributed by atoms with Crippen molar-refractivity contribution in [1.82, 2.24) is 4.98 Å². The van der Waals surface area contributed by atoms with Crippen LogP contribution in [0.3, 0.4) is 0 Å². The van der Waals surface area contributed by atoms with Gasteiger partial charge in [-0.05, 0) is 48.3 Å². The minimum Gasteiger partial charge on any atom is -0.312 e. The van der Waals surface area contributed by atoms with Crippen molar-refractivity contribution in [2.45, 2.75) is 46.5 Å². The minimum atomic E-state index is -0.192. The number of hydrogen-bond donors (Lipinski definition) is 1. The summed E-state index contributed by atoms with van der Waals surface area (Å²) in [6, 6.07) is 5.66. The van der Waals surface area contributed by atoms with Gasteiger partial charge in [0.2, 0.25) is 0 Å². The highest BCUT2D eigenvalue weighted by Crippen LogP contribution is 2.45. The van der Waals surface area contributed by atoms with Gasteiger partial charge < -0.3 is 5.32 Å². The second kappa shape index (κ2) is 6.97. The molecule has 5 heteroatoms. The van der Waals surface area contributed by atoms with Gasteiger partial charge >= 0.3 is 0 Å². The SMILES string of the molecule is CCC(C)(C)[C@H]1CCc2c(sc(NC(=O)c3ccncc3)c2C#N)C1. The highest BCUT2D eigenvalue weighted by atomic mass is 32.1. The number of aromatic nitrogens is 1. The first-order chi connectivity index (χ1) is 12.0. The molecule has 130 valence electrons. The Morgan fingerprint density at radius 1 is 1.44 bits per heavy atom. The molecule has 0 saturated heterocycles. The largest absolute Gasteiger partial charge is 0.312 e. The summed E-state index contributed by atoms with van der Waals surface area (Å²) < 4.78 is 0. The molecule has 2 heterocycles. The van der Waals surface area contributed by atoms with Crippen LogP contribution in [-0.4, -0.2) is 10.9 Å². The van der Waals surface area contributed by atoms with Crippen molar-refractivity contribution in [3.8, 4) is 6.07 Å². The second-order valence-electron chi connectivity index (χ2n) is 7.29. The summed E-state index contributed by atoms with van der Waals surface area (Å²) in [6.07, 6.45) is 7.37.